The Balaban J connectivity index is 1.96. The number of fused-ring (bicyclic) bond motifs is 1. The van der Waals surface area contributed by atoms with E-state index in [2.05, 4.69) is 0 Å². The van der Waals surface area contributed by atoms with E-state index in [4.69, 9.17) is 5.11 Å². The van der Waals surface area contributed by atoms with Crippen LogP contribution in [0.25, 0.3) is 0 Å². The molecule has 1 aliphatic rings. The number of aliphatic carboxylic acids is 1. The number of carboxylic acid groups (broad SMARTS) is 1. The zero-order chi connectivity index (χ0) is 16.3. The van der Waals surface area contributed by atoms with Crippen LogP contribution in [0.15, 0.2) is 24.3 Å². The van der Waals surface area contributed by atoms with E-state index in [1.54, 1.807) is 12.1 Å². The molecule has 0 aliphatic carbocycles. The van der Waals surface area contributed by atoms with Crippen LogP contribution in [0, 0.1) is 0 Å². The molecule has 1 heterocycles. The minimum atomic E-state index is -1.61. The molecule has 2 rings (SSSR count). The quantitative estimate of drug-likeness (QED) is 0.580. The van der Waals surface area contributed by atoms with Crippen LogP contribution < -0.4 is 10.4 Å². The third kappa shape index (κ3) is 2.96. The van der Waals surface area contributed by atoms with Gasteiger partial charge in [-0.05, 0) is 12.1 Å². The molecule has 1 atom stereocenters. The highest BCUT2D eigenvalue weighted by molar-refractivity contribution is 6.21. The number of nitrogens with zero attached hydrogens (tertiary/aromatic N) is 1. The molecule has 0 unspecified atom stereocenters. The molecule has 1 aromatic carbocycles. The monoisotopic (exact) mass is 305 g/mol. The van der Waals surface area contributed by atoms with Crippen LogP contribution in [0.5, 0.6) is 0 Å². The molecule has 0 fully saturated rings. The Hall–Kier alpha value is -2.74. The summed E-state index contributed by atoms with van der Waals surface area (Å²) in [6.45, 7) is -0.982. The van der Waals surface area contributed by atoms with E-state index in [9.17, 15) is 24.3 Å². The van der Waals surface area contributed by atoms with Crippen LogP contribution in [0.3, 0.4) is 0 Å². The number of rotatable bonds is 6. The molecule has 0 radical (unpaired) electrons. The molecule has 8 nitrogen and oxygen atoms in total. The third-order valence-corrected chi connectivity index (χ3v) is 3.24. The van der Waals surface area contributed by atoms with Crippen LogP contribution in [0.4, 0.5) is 0 Å². The maximum Gasteiger partial charge on any atom is 0.261 e. The molecule has 22 heavy (non-hydrogen) atoms. The molecule has 1 aliphatic heterocycles. The molecular weight excluding hydrogens is 292 g/mol. The molecule has 0 spiro atoms. The Kier molecular flexibility index (Phi) is 4.52. The first-order valence-corrected chi connectivity index (χ1v) is 6.52. The Bertz CT molecular complexity index is 607. The number of benzene rings is 1. The number of carbonyl (C=O) groups is 4. The summed E-state index contributed by atoms with van der Waals surface area (Å²) in [6, 6.07) is 4.79. The van der Waals surface area contributed by atoms with E-state index in [1.807, 2.05) is 5.32 Å². The van der Waals surface area contributed by atoms with Gasteiger partial charge in [-0.3, -0.25) is 19.3 Å². The number of aliphatic hydroxyl groups is 1. The lowest BCUT2D eigenvalue weighted by Gasteiger charge is -2.18. The van der Waals surface area contributed by atoms with Crippen molar-refractivity contribution >= 4 is 23.7 Å². The minimum absolute atomic E-state index is 0.177. The van der Waals surface area contributed by atoms with Gasteiger partial charge in [0.15, 0.2) is 0 Å². The second-order valence-electron chi connectivity index (χ2n) is 4.68. The van der Waals surface area contributed by atoms with Crippen LogP contribution >= 0.6 is 0 Å². The lowest BCUT2D eigenvalue weighted by Crippen LogP contribution is -2.50. The van der Waals surface area contributed by atoms with Gasteiger partial charge in [-0.25, -0.2) is 0 Å². The van der Waals surface area contributed by atoms with Gasteiger partial charge in [0.05, 0.1) is 29.7 Å². The van der Waals surface area contributed by atoms with Crippen LogP contribution in [0.2, 0.25) is 0 Å². The normalized spacial score (nSPS) is 14.7. The van der Waals surface area contributed by atoms with Gasteiger partial charge in [-0.1, -0.05) is 12.1 Å². The summed E-state index contributed by atoms with van der Waals surface area (Å²) in [7, 11) is 0. The zero-order valence-corrected chi connectivity index (χ0v) is 11.4. The van der Waals surface area contributed by atoms with Crippen molar-refractivity contribution in [3.05, 3.63) is 35.4 Å². The number of nitrogens with one attached hydrogen (secondary N) is 1. The molecular formula is C14H13N2O6-. The zero-order valence-electron chi connectivity index (χ0n) is 11.4. The molecule has 3 amide bonds. The number of hydrogen-bond donors (Lipinski definition) is 2. The molecule has 0 saturated carbocycles. The predicted octanol–water partition coefficient (Wildman–Crippen LogP) is -2.10. The Morgan fingerprint density at radius 1 is 1.18 bits per heavy atom. The average molecular weight is 305 g/mol. The summed E-state index contributed by atoms with van der Waals surface area (Å²) in [4.78, 5) is 47.2. The van der Waals surface area contributed by atoms with E-state index in [1.165, 1.54) is 12.1 Å². The highest BCUT2D eigenvalue weighted by atomic mass is 16.4. The van der Waals surface area contributed by atoms with Crippen LogP contribution in [-0.4, -0.2) is 52.9 Å². The smallest absolute Gasteiger partial charge is 0.261 e. The van der Waals surface area contributed by atoms with E-state index in [0.717, 1.165) is 4.90 Å². The fourth-order valence-corrected chi connectivity index (χ4v) is 2.10. The van der Waals surface area contributed by atoms with Gasteiger partial charge in [-0.2, -0.15) is 0 Å². The van der Waals surface area contributed by atoms with Gasteiger partial charge in [-0.15, -0.1) is 0 Å². The first kappa shape index (κ1) is 15.6. The Morgan fingerprint density at radius 3 is 2.18 bits per heavy atom. The van der Waals surface area contributed by atoms with Crippen molar-refractivity contribution in [1.29, 1.82) is 0 Å². The highest BCUT2D eigenvalue weighted by Gasteiger charge is 2.35. The topological polar surface area (TPSA) is 127 Å². The van der Waals surface area contributed by atoms with Crippen molar-refractivity contribution in [2.75, 3.05) is 13.2 Å². The minimum Gasteiger partial charge on any atom is -0.548 e. The van der Waals surface area contributed by atoms with Gasteiger partial charge < -0.3 is 20.3 Å². The Labute approximate surface area is 125 Å². The van der Waals surface area contributed by atoms with Gasteiger partial charge in [0.25, 0.3) is 11.8 Å². The van der Waals surface area contributed by atoms with Crippen molar-refractivity contribution < 1.29 is 29.4 Å². The van der Waals surface area contributed by atoms with Crippen molar-refractivity contribution in [2.45, 2.75) is 12.5 Å². The molecule has 8 heteroatoms. The fraction of sp³-hybridized carbons (Fsp3) is 0.286. The first-order valence-electron chi connectivity index (χ1n) is 6.52. The highest BCUT2D eigenvalue weighted by Crippen LogP contribution is 2.22. The summed E-state index contributed by atoms with van der Waals surface area (Å²) in [5, 5.41) is 21.4. The van der Waals surface area contributed by atoms with E-state index in [-0.39, 0.29) is 24.1 Å². The van der Waals surface area contributed by atoms with E-state index >= 15 is 0 Å². The average Bonchev–Trinajstić information content (AvgIpc) is 2.74. The van der Waals surface area contributed by atoms with Crippen molar-refractivity contribution in [3.63, 3.8) is 0 Å². The number of aliphatic hydroxyl groups excluding tert-OH is 1. The molecule has 0 saturated heterocycles. The summed E-state index contributed by atoms with van der Waals surface area (Å²) >= 11 is 0. The molecule has 1 aromatic rings. The summed E-state index contributed by atoms with van der Waals surface area (Å²) in [5.74, 6) is -3.31. The predicted molar refractivity (Wildman–Crippen MR) is 70.4 cm³/mol. The fourth-order valence-electron chi connectivity index (χ4n) is 2.10. The number of carbonyl (C=O) groups excluding carboxylic acids is 4. The standard InChI is InChI=1S/C14H14N2O6/c17-7-10(14(21)22)15-11(18)5-6-16-12(19)8-3-1-2-4-9(8)13(16)20/h1-4,10,17H,5-7H2,(H,15,18)(H,21,22)/p-1/t10-/m0/s1. The second-order valence-corrected chi connectivity index (χ2v) is 4.68. The van der Waals surface area contributed by atoms with Gasteiger partial charge >= 0.3 is 0 Å². The van der Waals surface area contributed by atoms with Crippen LogP contribution in [0.1, 0.15) is 27.1 Å². The molecule has 0 aromatic heterocycles. The number of carboxylic acids is 1. The van der Waals surface area contributed by atoms with Gasteiger partial charge in [0.2, 0.25) is 5.91 Å². The Morgan fingerprint density at radius 2 is 1.73 bits per heavy atom. The third-order valence-electron chi connectivity index (χ3n) is 3.24. The summed E-state index contributed by atoms with van der Waals surface area (Å²) in [5.41, 5.74) is 0.548. The number of hydrogen-bond acceptors (Lipinski definition) is 6. The number of imide groups is 1. The van der Waals surface area contributed by atoms with E-state index < -0.39 is 36.3 Å². The van der Waals surface area contributed by atoms with Crippen LogP contribution in [-0.2, 0) is 9.59 Å². The molecule has 116 valence electrons. The van der Waals surface area contributed by atoms with E-state index in [0.29, 0.717) is 0 Å². The largest absolute Gasteiger partial charge is 0.548 e. The second kappa shape index (κ2) is 6.35. The summed E-state index contributed by atoms with van der Waals surface area (Å²) in [6.07, 6.45) is -0.269. The van der Waals surface area contributed by atoms with Crippen molar-refractivity contribution in [2.24, 2.45) is 0 Å². The maximum atomic E-state index is 12.0. The van der Waals surface area contributed by atoms with Crippen molar-refractivity contribution in [1.82, 2.24) is 10.2 Å². The lowest BCUT2D eigenvalue weighted by atomic mass is 10.1. The number of amides is 3. The molecule has 2 N–H and O–H groups in total. The van der Waals surface area contributed by atoms with Crippen molar-refractivity contribution in [3.8, 4) is 0 Å². The summed E-state index contributed by atoms with van der Waals surface area (Å²) < 4.78 is 0. The first-order chi connectivity index (χ1) is 10.5. The van der Waals surface area contributed by atoms with Gasteiger partial charge in [0, 0.05) is 13.0 Å². The lowest BCUT2D eigenvalue weighted by molar-refractivity contribution is -0.309. The van der Waals surface area contributed by atoms with Gasteiger partial charge in [0.1, 0.15) is 0 Å². The maximum absolute atomic E-state index is 12.0. The molecule has 0 bridgehead atoms. The SMILES string of the molecule is O=C(CCN1C(=O)c2ccccc2C1=O)N[C@@H](CO)C(=O)[O-].